The summed E-state index contributed by atoms with van der Waals surface area (Å²) in [6, 6.07) is 5.06. The zero-order chi connectivity index (χ0) is 13.3. The van der Waals surface area contributed by atoms with Crippen LogP contribution in [0.2, 0.25) is 5.02 Å². The molecule has 1 fully saturated rings. The maximum Gasteiger partial charge on any atom is 0.241 e. The van der Waals surface area contributed by atoms with Crippen LogP contribution < -0.4 is 10.9 Å². The molecule has 0 bridgehead atoms. The van der Waals surface area contributed by atoms with Crippen LogP contribution in [0, 0.1) is 0 Å². The first-order chi connectivity index (χ1) is 8.49. The van der Waals surface area contributed by atoms with Crippen molar-refractivity contribution in [2.24, 2.45) is 0 Å². The molecule has 0 saturated carbocycles. The lowest BCUT2D eigenvalue weighted by molar-refractivity contribution is -0.134. The van der Waals surface area contributed by atoms with Gasteiger partial charge in [0.2, 0.25) is 5.91 Å². The second-order valence-electron chi connectivity index (χ2n) is 4.70. The first-order valence-electron chi connectivity index (χ1n) is 5.85. The summed E-state index contributed by atoms with van der Waals surface area (Å²) in [7, 11) is 0. The SMILES string of the molecule is CC(C)c1ccc(C2NNC(=O)CC2=O)cc1Cl. The Balaban J connectivity index is 2.27. The lowest BCUT2D eigenvalue weighted by atomic mass is 9.95. The van der Waals surface area contributed by atoms with Crippen LogP contribution in [0.3, 0.4) is 0 Å². The highest BCUT2D eigenvalue weighted by Crippen LogP contribution is 2.28. The molecule has 0 aromatic heterocycles. The Morgan fingerprint density at radius 1 is 1.33 bits per heavy atom. The van der Waals surface area contributed by atoms with E-state index in [0.717, 1.165) is 11.1 Å². The van der Waals surface area contributed by atoms with Gasteiger partial charge in [0.05, 0.1) is 6.42 Å². The monoisotopic (exact) mass is 266 g/mol. The number of rotatable bonds is 2. The van der Waals surface area contributed by atoms with Crippen LogP contribution in [0.25, 0.3) is 0 Å². The number of carbonyl (C=O) groups excluding carboxylic acids is 2. The summed E-state index contributed by atoms with van der Waals surface area (Å²) >= 11 is 6.19. The Morgan fingerprint density at radius 3 is 2.61 bits per heavy atom. The van der Waals surface area contributed by atoms with Gasteiger partial charge in [-0.05, 0) is 23.1 Å². The maximum absolute atomic E-state index is 11.8. The van der Waals surface area contributed by atoms with Gasteiger partial charge in [0.15, 0.2) is 5.78 Å². The Labute approximate surface area is 111 Å². The number of carbonyl (C=O) groups is 2. The fourth-order valence-corrected chi connectivity index (χ4v) is 2.41. The second-order valence-corrected chi connectivity index (χ2v) is 5.11. The maximum atomic E-state index is 11.8. The first-order valence-corrected chi connectivity index (χ1v) is 6.23. The minimum atomic E-state index is -0.513. The Hall–Kier alpha value is -1.39. The molecule has 1 unspecified atom stereocenters. The van der Waals surface area contributed by atoms with Gasteiger partial charge < -0.3 is 0 Å². The van der Waals surface area contributed by atoms with Gasteiger partial charge in [-0.3, -0.25) is 15.0 Å². The molecule has 1 aliphatic heterocycles. The van der Waals surface area contributed by atoms with Crippen molar-refractivity contribution < 1.29 is 9.59 Å². The van der Waals surface area contributed by atoms with Crippen LogP contribution in [0.15, 0.2) is 18.2 Å². The highest BCUT2D eigenvalue weighted by Gasteiger charge is 2.28. The van der Waals surface area contributed by atoms with Crippen molar-refractivity contribution in [3.63, 3.8) is 0 Å². The van der Waals surface area contributed by atoms with Gasteiger partial charge in [0.1, 0.15) is 6.04 Å². The van der Waals surface area contributed by atoms with E-state index in [0.29, 0.717) is 10.9 Å². The molecule has 1 saturated heterocycles. The lowest BCUT2D eigenvalue weighted by Gasteiger charge is -2.23. The van der Waals surface area contributed by atoms with E-state index in [4.69, 9.17) is 11.6 Å². The van der Waals surface area contributed by atoms with Gasteiger partial charge in [-0.2, -0.15) is 0 Å². The predicted octanol–water partition coefficient (Wildman–Crippen LogP) is 2.10. The van der Waals surface area contributed by atoms with E-state index >= 15 is 0 Å². The third-order valence-electron chi connectivity index (χ3n) is 2.99. The van der Waals surface area contributed by atoms with Crippen molar-refractivity contribution in [2.75, 3.05) is 0 Å². The third kappa shape index (κ3) is 2.54. The predicted molar refractivity (Wildman–Crippen MR) is 69.2 cm³/mol. The number of hydrogen-bond acceptors (Lipinski definition) is 3. The topological polar surface area (TPSA) is 58.2 Å². The summed E-state index contributed by atoms with van der Waals surface area (Å²) < 4.78 is 0. The summed E-state index contributed by atoms with van der Waals surface area (Å²) in [4.78, 5) is 22.8. The van der Waals surface area contributed by atoms with Crippen molar-refractivity contribution in [3.8, 4) is 0 Å². The lowest BCUT2D eigenvalue weighted by Crippen LogP contribution is -2.49. The van der Waals surface area contributed by atoms with Crippen molar-refractivity contribution in [1.29, 1.82) is 0 Å². The molecule has 4 nitrogen and oxygen atoms in total. The van der Waals surface area contributed by atoms with Crippen LogP contribution >= 0.6 is 11.6 Å². The van der Waals surface area contributed by atoms with Crippen LogP contribution in [0.1, 0.15) is 43.4 Å². The van der Waals surface area contributed by atoms with Crippen molar-refractivity contribution >= 4 is 23.3 Å². The van der Waals surface area contributed by atoms with Crippen molar-refractivity contribution in [3.05, 3.63) is 34.3 Å². The van der Waals surface area contributed by atoms with Gasteiger partial charge in [0.25, 0.3) is 0 Å². The Morgan fingerprint density at radius 2 is 2.06 bits per heavy atom. The van der Waals surface area contributed by atoms with Gasteiger partial charge in [0, 0.05) is 5.02 Å². The van der Waals surface area contributed by atoms with E-state index in [1.54, 1.807) is 6.07 Å². The molecular formula is C13H15ClN2O2. The van der Waals surface area contributed by atoms with Crippen LogP contribution in [0.5, 0.6) is 0 Å². The number of ketones is 1. The normalized spacial score (nSPS) is 20.1. The molecule has 1 aromatic rings. The molecule has 18 heavy (non-hydrogen) atoms. The molecule has 0 spiro atoms. The van der Waals surface area contributed by atoms with Crippen molar-refractivity contribution in [1.82, 2.24) is 10.9 Å². The summed E-state index contributed by atoms with van der Waals surface area (Å²) in [6.07, 6.45) is -0.0960. The average molecular weight is 267 g/mol. The molecule has 1 amide bonds. The van der Waals surface area contributed by atoms with E-state index in [-0.39, 0.29) is 18.1 Å². The van der Waals surface area contributed by atoms with E-state index in [1.807, 2.05) is 12.1 Å². The van der Waals surface area contributed by atoms with Gasteiger partial charge >= 0.3 is 0 Å². The molecular weight excluding hydrogens is 252 g/mol. The molecule has 5 heteroatoms. The van der Waals surface area contributed by atoms with E-state index in [1.165, 1.54) is 0 Å². The molecule has 1 aliphatic rings. The van der Waals surface area contributed by atoms with E-state index in [2.05, 4.69) is 24.7 Å². The highest BCUT2D eigenvalue weighted by molar-refractivity contribution is 6.31. The number of amides is 1. The summed E-state index contributed by atoms with van der Waals surface area (Å²) in [5.74, 6) is -0.116. The number of benzene rings is 1. The molecule has 2 rings (SSSR count). The second kappa shape index (κ2) is 5.08. The van der Waals surface area contributed by atoms with Gasteiger partial charge in [-0.25, -0.2) is 5.43 Å². The number of nitrogens with one attached hydrogen (secondary N) is 2. The largest absolute Gasteiger partial charge is 0.297 e. The molecule has 2 N–H and O–H groups in total. The highest BCUT2D eigenvalue weighted by atomic mass is 35.5. The average Bonchev–Trinajstić information content (AvgIpc) is 2.28. The fraction of sp³-hybridized carbons (Fsp3) is 0.385. The Kier molecular flexibility index (Phi) is 3.68. The molecule has 0 radical (unpaired) electrons. The molecule has 1 aromatic carbocycles. The van der Waals surface area contributed by atoms with E-state index < -0.39 is 6.04 Å². The molecule has 1 heterocycles. The fourth-order valence-electron chi connectivity index (χ4n) is 2.00. The molecule has 0 aliphatic carbocycles. The standard InChI is InChI=1S/C13H15ClN2O2/c1-7(2)9-4-3-8(5-10(9)14)13-11(17)6-12(18)15-16-13/h3-5,7,13,16H,6H2,1-2H3,(H,15,18). The van der Waals surface area contributed by atoms with Crippen LogP contribution in [-0.4, -0.2) is 11.7 Å². The van der Waals surface area contributed by atoms with Crippen LogP contribution in [0.4, 0.5) is 0 Å². The zero-order valence-corrected chi connectivity index (χ0v) is 11.0. The molecule has 1 atom stereocenters. The number of halogens is 1. The van der Waals surface area contributed by atoms with Gasteiger partial charge in [-0.15, -0.1) is 0 Å². The smallest absolute Gasteiger partial charge is 0.241 e. The first kappa shape index (κ1) is 13.1. The number of hydrogen-bond donors (Lipinski definition) is 2. The molecule has 96 valence electrons. The minimum absolute atomic E-state index is 0.0960. The Bertz CT molecular complexity index is 500. The summed E-state index contributed by atoms with van der Waals surface area (Å²) in [6.45, 7) is 4.12. The van der Waals surface area contributed by atoms with E-state index in [9.17, 15) is 9.59 Å². The quantitative estimate of drug-likeness (QED) is 0.806. The number of hydrazine groups is 1. The van der Waals surface area contributed by atoms with Crippen molar-refractivity contribution in [2.45, 2.75) is 32.2 Å². The zero-order valence-electron chi connectivity index (χ0n) is 10.3. The van der Waals surface area contributed by atoms with Gasteiger partial charge in [-0.1, -0.05) is 37.6 Å². The number of Topliss-reactive ketones (excluding diaryl/α,β-unsaturated/α-hetero) is 1. The summed E-state index contributed by atoms with van der Waals surface area (Å²) in [5, 5.41) is 0.647. The third-order valence-corrected chi connectivity index (χ3v) is 3.32. The van der Waals surface area contributed by atoms with Crippen LogP contribution in [-0.2, 0) is 9.59 Å². The minimum Gasteiger partial charge on any atom is -0.297 e. The summed E-state index contributed by atoms with van der Waals surface area (Å²) in [5.41, 5.74) is 6.99.